The summed E-state index contributed by atoms with van der Waals surface area (Å²) in [6.07, 6.45) is 1.77. The first-order valence-electron chi connectivity index (χ1n) is 9.94. The highest BCUT2D eigenvalue weighted by molar-refractivity contribution is 6.42. The Morgan fingerprint density at radius 3 is 1.86 bits per heavy atom. The summed E-state index contributed by atoms with van der Waals surface area (Å²) >= 11 is 11.9. The van der Waals surface area contributed by atoms with Gasteiger partial charge in [-0.25, -0.2) is 23.9 Å². The smallest absolute Gasteiger partial charge is 0.414 e. The van der Waals surface area contributed by atoms with Gasteiger partial charge in [0.05, 0.1) is 22.3 Å². The fourth-order valence-electron chi connectivity index (χ4n) is 2.55. The van der Waals surface area contributed by atoms with Crippen molar-refractivity contribution in [3.8, 4) is 5.69 Å². The highest BCUT2D eigenvalue weighted by atomic mass is 35.5. The SMILES string of the molecule is CN1CCN(CC(=O)Nc2ccn(-c3ccc(Cl)c(Cl)c3)n2)CC1.O=C(O)C(=O)O.O=C(O)C(=O)O. The Kier molecular flexibility index (Phi) is 12.3. The van der Waals surface area contributed by atoms with Crippen LogP contribution in [-0.4, -0.2) is 110 Å². The molecular weight excluding hydrogens is 525 g/mol. The van der Waals surface area contributed by atoms with Crippen LogP contribution in [0.5, 0.6) is 0 Å². The van der Waals surface area contributed by atoms with Gasteiger partial charge in [-0.2, -0.15) is 5.10 Å². The largest absolute Gasteiger partial charge is 0.473 e. The summed E-state index contributed by atoms with van der Waals surface area (Å²) in [5, 5.41) is 37.7. The molecule has 1 aromatic heterocycles. The second-order valence-corrected chi connectivity index (χ2v) is 7.91. The maximum Gasteiger partial charge on any atom is 0.414 e. The molecule has 0 radical (unpaired) electrons. The van der Waals surface area contributed by atoms with Crippen molar-refractivity contribution in [3.63, 3.8) is 0 Å². The fourth-order valence-corrected chi connectivity index (χ4v) is 2.85. The molecule has 0 saturated carbocycles. The number of carboxylic acid groups (broad SMARTS) is 4. The molecule has 196 valence electrons. The van der Waals surface area contributed by atoms with Crippen molar-refractivity contribution in [1.29, 1.82) is 0 Å². The molecule has 5 N–H and O–H groups in total. The number of amides is 1. The van der Waals surface area contributed by atoms with E-state index in [1.807, 2.05) is 6.07 Å². The fraction of sp³-hybridized carbons (Fsp3) is 0.300. The Morgan fingerprint density at radius 2 is 1.39 bits per heavy atom. The zero-order valence-electron chi connectivity index (χ0n) is 18.8. The van der Waals surface area contributed by atoms with E-state index in [0.29, 0.717) is 22.4 Å². The number of likely N-dealkylation sites (N-methyl/N-ethyl adjacent to an activating group) is 1. The van der Waals surface area contributed by atoms with Crippen LogP contribution in [0.1, 0.15) is 0 Å². The molecule has 2 heterocycles. The van der Waals surface area contributed by atoms with Crippen LogP contribution in [0, 0.1) is 0 Å². The number of halogens is 2. The van der Waals surface area contributed by atoms with Crippen LogP contribution in [0.2, 0.25) is 10.0 Å². The first-order valence-corrected chi connectivity index (χ1v) is 10.7. The van der Waals surface area contributed by atoms with E-state index in [-0.39, 0.29) is 5.91 Å². The molecule has 1 aliphatic heterocycles. The van der Waals surface area contributed by atoms with E-state index in [9.17, 15) is 4.79 Å². The maximum absolute atomic E-state index is 12.2. The summed E-state index contributed by atoms with van der Waals surface area (Å²) in [6, 6.07) is 7.01. The van der Waals surface area contributed by atoms with Gasteiger partial charge in [-0.15, -0.1) is 0 Å². The molecule has 14 nitrogen and oxygen atoms in total. The van der Waals surface area contributed by atoms with E-state index in [1.165, 1.54) is 0 Å². The summed E-state index contributed by atoms with van der Waals surface area (Å²) in [6.45, 7) is 4.16. The molecule has 1 fully saturated rings. The predicted molar refractivity (Wildman–Crippen MR) is 127 cm³/mol. The number of rotatable bonds is 4. The van der Waals surface area contributed by atoms with Crippen LogP contribution in [-0.2, 0) is 24.0 Å². The molecule has 0 spiro atoms. The van der Waals surface area contributed by atoms with Gasteiger partial charge in [-0.1, -0.05) is 23.2 Å². The molecule has 0 atom stereocenters. The number of hydrogen-bond acceptors (Lipinski definition) is 8. The Morgan fingerprint density at radius 1 is 0.861 bits per heavy atom. The van der Waals surface area contributed by atoms with Crippen LogP contribution in [0.25, 0.3) is 5.69 Å². The maximum atomic E-state index is 12.2. The number of benzene rings is 1. The number of aliphatic carboxylic acids is 4. The topological polar surface area (TPSA) is 203 Å². The first kappa shape index (κ1) is 30.3. The average molecular weight is 548 g/mol. The normalized spacial score (nSPS) is 13.3. The highest BCUT2D eigenvalue weighted by Crippen LogP contribution is 2.24. The minimum atomic E-state index is -1.82. The molecule has 0 unspecified atom stereocenters. The first-order chi connectivity index (χ1) is 16.8. The van der Waals surface area contributed by atoms with Gasteiger partial charge < -0.3 is 30.6 Å². The molecule has 2 aromatic rings. The van der Waals surface area contributed by atoms with Gasteiger partial charge in [-0.05, 0) is 25.2 Å². The molecule has 0 aliphatic carbocycles. The third-order valence-corrected chi connectivity index (χ3v) is 5.09. The van der Waals surface area contributed by atoms with Gasteiger partial charge in [0.25, 0.3) is 0 Å². The molecule has 3 rings (SSSR count). The molecule has 1 saturated heterocycles. The zero-order valence-corrected chi connectivity index (χ0v) is 20.3. The minimum Gasteiger partial charge on any atom is -0.473 e. The van der Waals surface area contributed by atoms with Crippen molar-refractivity contribution in [3.05, 3.63) is 40.5 Å². The van der Waals surface area contributed by atoms with Crippen molar-refractivity contribution in [1.82, 2.24) is 19.6 Å². The Balaban J connectivity index is 0.000000450. The van der Waals surface area contributed by atoms with E-state index in [4.69, 9.17) is 62.8 Å². The van der Waals surface area contributed by atoms with E-state index in [0.717, 1.165) is 31.9 Å². The second kappa shape index (κ2) is 14.6. The summed E-state index contributed by atoms with van der Waals surface area (Å²) in [7, 11) is 2.09. The lowest BCUT2D eigenvalue weighted by molar-refractivity contribution is -0.159. The Labute approximate surface area is 214 Å². The molecular formula is C20H23Cl2N5O9. The number of piperazine rings is 1. The Bertz CT molecular complexity index is 1050. The number of aromatic nitrogens is 2. The van der Waals surface area contributed by atoms with Crippen molar-refractivity contribution < 1.29 is 44.4 Å². The number of anilines is 1. The van der Waals surface area contributed by atoms with E-state index < -0.39 is 23.9 Å². The quantitative estimate of drug-likeness (QED) is 0.335. The van der Waals surface area contributed by atoms with E-state index in [1.54, 1.807) is 29.1 Å². The van der Waals surface area contributed by atoms with Gasteiger partial charge in [-0.3, -0.25) is 9.69 Å². The minimum absolute atomic E-state index is 0.0565. The van der Waals surface area contributed by atoms with Gasteiger partial charge in [0.1, 0.15) is 0 Å². The number of carbonyl (C=O) groups is 5. The van der Waals surface area contributed by atoms with E-state index >= 15 is 0 Å². The second-order valence-electron chi connectivity index (χ2n) is 7.09. The lowest BCUT2D eigenvalue weighted by Crippen LogP contribution is -2.47. The predicted octanol–water partition coefficient (Wildman–Crippen LogP) is 0.676. The van der Waals surface area contributed by atoms with Gasteiger partial charge in [0.15, 0.2) is 5.82 Å². The number of hydrogen-bond donors (Lipinski definition) is 5. The standard InChI is InChI=1S/C16H19Cl2N5O.2C2H2O4/c1-21-6-8-22(9-7-21)11-16(24)19-15-4-5-23(20-15)12-2-3-13(17)14(18)10-12;2*3-1(4)2(5)6/h2-5,10H,6-9,11H2,1H3,(H,19,20,24);2*(H,3,4)(H,5,6). The van der Waals surface area contributed by atoms with Gasteiger partial charge in [0.2, 0.25) is 5.91 Å². The molecule has 16 heteroatoms. The van der Waals surface area contributed by atoms with Crippen molar-refractivity contribution in [2.45, 2.75) is 0 Å². The molecule has 36 heavy (non-hydrogen) atoms. The summed E-state index contributed by atoms with van der Waals surface area (Å²) in [5.74, 6) is -6.84. The third-order valence-electron chi connectivity index (χ3n) is 4.35. The van der Waals surface area contributed by atoms with E-state index in [2.05, 4.69) is 27.3 Å². The van der Waals surface area contributed by atoms with Crippen LogP contribution in [0.15, 0.2) is 30.5 Å². The summed E-state index contributed by atoms with van der Waals surface area (Å²) in [4.78, 5) is 53.0. The molecule has 1 aliphatic rings. The lowest BCUT2D eigenvalue weighted by atomic mass is 10.3. The van der Waals surface area contributed by atoms with Crippen LogP contribution < -0.4 is 5.32 Å². The molecule has 1 aromatic carbocycles. The van der Waals surface area contributed by atoms with Crippen molar-refractivity contribution in [2.24, 2.45) is 0 Å². The summed E-state index contributed by atoms with van der Waals surface area (Å²) < 4.78 is 1.65. The number of nitrogens with one attached hydrogen (secondary N) is 1. The number of carbonyl (C=O) groups excluding carboxylic acids is 1. The third kappa shape index (κ3) is 11.1. The monoisotopic (exact) mass is 547 g/mol. The van der Waals surface area contributed by atoms with Crippen molar-refractivity contribution in [2.75, 3.05) is 45.1 Å². The summed E-state index contributed by atoms with van der Waals surface area (Å²) in [5.41, 5.74) is 0.781. The van der Waals surface area contributed by atoms with Crippen LogP contribution in [0.4, 0.5) is 5.82 Å². The zero-order chi connectivity index (χ0) is 27.4. The van der Waals surface area contributed by atoms with Crippen molar-refractivity contribution >= 4 is 58.8 Å². The molecule has 0 bridgehead atoms. The van der Waals surface area contributed by atoms with Gasteiger partial charge in [0, 0.05) is 38.4 Å². The van der Waals surface area contributed by atoms with Crippen LogP contribution >= 0.6 is 23.2 Å². The van der Waals surface area contributed by atoms with Gasteiger partial charge >= 0.3 is 23.9 Å². The van der Waals surface area contributed by atoms with Crippen LogP contribution in [0.3, 0.4) is 0 Å². The number of carboxylic acids is 4. The highest BCUT2D eigenvalue weighted by Gasteiger charge is 2.17. The lowest BCUT2D eigenvalue weighted by Gasteiger charge is -2.31. The number of nitrogens with zero attached hydrogens (tertiary/aromatic N) is 4. The average Bonchev–Trinajstić information content (AvgIpc) is 3.26. The Hall–Kier alpha value is -3.72. The molecule has 1 amide bonds.